The van der Waals surface area contributed by atoms with Gasteiger partial charge in [0.2, 0.25) is 23.4 Å². The summed E-state index contributed by atoms with van der Waals surface area (Å²) in [6.07, 6.45) is 12.0. The third-order valence-electron chi connectivity index (χ3n) is 7.61. The quantitative estimate of drug-likeness (QED) is 0.298. The van der Waals surface area contributed by atoms with Crippen molar-refractivity contribution in [2.45, 2.75) is 63.6 Å². The van der Waals surface area contributed by atoms with E-state index < -0.39 is 5.91 Å². The number of carbonyl (C=O) groups is 1. The van der Waals surface area contributed by atoms with Crippen LogP contribution >= 0.6 is 0 Å². The number of aromatic nitrogens is 5. The van der Waals surface area contributed by atoms with E-state index in [0.29, 0.717) is 47.0 Å². The largest absolute Gasteiger partial charge is 0.424 e. The van der Waals surface area contributed by atoms with E-state index in [0.717, 1.165) is 56.4 Å². The molecule has 40 heavy (non-hydrogen) atoms. The van der Waals surface area contributed by atoms with Crippen LogP contribution in [0.25, 0.3) is 23.0 Å². The number of piperidine rings is 1. The van der Waals surface area contributed by atoms with E-state index in [2.05, 4.69) is 40.6 Å². The second-order valence-corrected chi connectivity index (χ2v) is 10.5. The van der Waals surface area contributed by atoms with Gasteiger partial charge >= 0.3 is 0 Å². The molecule has 12 heteroatoms. The summed E-state index contributed by atoms with van der Waals surface area (Å²) in [4.78, 5) is 31.5. The van der Waals surface area contributed by atoms with Gasteiger partial charge in [0.1, 0.15) is 0 Å². The number of amides is 1. The number of carbonyl (C=O) groups excluding carboxylic acids is 1. The van der Waals surface area contributed by atoms with Crippen molar-refractivity contribution in [3.05, 3.63) is 54.3 Å². The first-order chi connectivity index (χ1) is 19.5. The lowest BCUT2D eigenvalue weighted by Gasteiger charge is -2.40. The Hall–Kier alpha value is -4.32. The van der Waals surface area contributed by atoms with Gasteiger partial charge in [-0.3, -0.25) is 4.79 Å². The predicted molar refractivity (Wildman–Crippen MR) is 149 cm³/mol. The average molecular weight is 544 g/mol. The van der Waals surface area contributed by atoms with E-state index in [1.54, 1.807) is 31.3 Å². The lowest BCUT2D eigenvalue weighted by Crippen LogP contribution is -2.54. The van der Waals surface area contributed by atoms with Crippen molar-refractivity contribution in [2.75, 3.05) is 23.3 Å². The number of nitrogens with two attached hydrogens (primary N) is 1. The van der Waals surface area contributed by atoms with Crippen LogP contribution in [0.5, 0.6) is 0 Å². The van der Waals surface area contributed by atoms with Crippen LogP contribution < -0.4 is 21.3 Å². The lowest BCUT2D eigenvalue weighted by molar-refractivity contribution is 0.100. The van der Waals surface area contributed by atoms with E-state index >= 15 is 0 Å². The second kappa shape index (κ2) is 11.4. The van der Waals surface area contributed by atoms with Crippen LogP contribution in [-0.2, 0) is 0 Å². The fraction of sp³-hybridized carbons (Fsp3) is 0.429. The summed E-state index contributed by atoms with van der Waals surface area (Å²) < 4.78 is 11.1. The van der Waals surface area contributed by atoms with Crippen molar-refractivity contribution in [2.24, 2.45) is 5.73 Å². The number of primary amides is 1. The molecule has 208 valence electrons. The van der Waals surface area contributed by atoms with Crippen molar-refractivity contribution in [3.63, 3.8) is 0 Å². The van der Waals surface area contributed by atoms with Gasteiger partial charge in [-0.25, -0.2) is 15.0 Å². The average Bonchev–Trinajstić information content (AvgIpc) is 3.64. The maximum atomic E-state index is 11.6. The van der Waals surface area contributed by atoms with Gasteiger partial charge in [-0.15, -0.1) is 0 Å². The maximum absolute atomic E-state index is 11.6. The zero-order valence-corrected chi connectivity index (χ0v) is 22.4. The fourth-order valence-corrected chi connectivity index (χ4v) is 5.60. The van der Waals surface area contributed by atoms with Crippen LogP contribution in [0.15, 0.2) is 51.8 Å². The zero-order chi connectivity index (χ0) is 27.5. The monoisotopic (exact) mass is 543 g/mol. The Morgan fingerprint density at radius 1 is 1.02 bits per heavy atom. The van der Waals surface area contributed by atoms with E-state index in [1.807, 2.05) is 18.5 Å². The molecule has 1 saturated carbocycles. The van der Waals surface area contributed by atoms with Crippen LogP contribution in [0.2, 0.25) is 0 Å². The molecule has 3 atom stereocenters. The first-order valence-electron chi connectivity index (χ1n) is 13.8. The Labute approximate surface area is 231 Å². The van der Waals surface area contributed by atoms with Crippen molar-refractivity contribution in [1.82, 2.24) is 30.4 Å². The molecular formula is C28H33N9O3. The number of oxazole rings is 1. The first-order valence-corrected chi connectivity index (χ1v) is 13.8. The highest BCUT2D eigenvalue weighted by Gasteiger charge is 2.30. The van der Waals surface area contributed by atoms with E-state index in [1.165, 1.54) is 6.42 Å². The SMILES string of the molecule is Cc1nc(-c2ncc(N3CCCC(NC4CCCCC4Nc4ncc(-c5cccc(C(N)=O)c5)o4)C3)cn2)no1. The Morgan fingerprint density at radius 3 is 2.62 bits per heavy atom. The zero-order valence-electron chi connectivity index (χ0n) is 22.4. The molecule has 0 radical (unpaired) electrons. The van der Waals surface area contributed by atoms with Crippen LogP contribution in [0.1, 0.15) is 54.8 Å². The molecule has 0 spiro atoms. The second-order valence-electron chi connectivity index (χ2n) is 10.5. The Kier molecular flexibility index (Phi) is 7.41. The van der Waals surface area contributed by atoms with Crippen molar-refractivity contribution < 1.29 is 13.7 Å². The molecule has 1 amide bonds. The van der Waals surface area contributed by atoms with Crippen molar-refractivity contribution in [1.29, 1.82) is 0 Å². The van der Waals surface area contributed by atoms with Crippen LogP contribution in [0.3, 0.4) is 0 Å². The summed E-state index contributed by atoms with van der Waals surface area (Å²) in [5.41, 5.74) is 7.62. The molecule has 1 aliphatic heterocycles. The predicted octanol–water partition coefficient (Wildman–Crippen LogP) is 3.57. The number of anilines is 2. The highest BCUT2D eigenvalue weighted by Crippen LogP contribution is 2.28. The normalized spacial score (nSPS) is 21.3. The molecule has 1 aromatic carbocycles. The van der Waals surface area contributed by atoms with Gasteiger partial charge in [0, 0.05) is 49.3 Å². The standard InChI is InChI=1S/C28H33N9O3/c1-17-33-27(36-40-17)26-30-13-21(14-31-26)37-11-5-8-20(16-37)34-22-9-2-3-10-23(22)35-28-32-15-24(39-28)18-6-4-7-19(12-18)25(29)38/h4,6-7,12-15,20,22-23,34H,2-3,5,8-11,16H2,1H3,(H2,29,38)(H,32,35). The van der Waals surface area contributed by atoms with Gasteiger partial charge in [-0.2, -0.15) is 4.98 Å². The van der Waals surface area contributed by atoms with Gasteiger partial charge < -0.3 is 30.2 Å². The van der Waals surface area contributed by atoms with E-state index in [-0.39, 0.29) is 6.04 Å². The molecule has 4 N–H and O–H groups in total. The Bertz CT molecular complexity index is 1450. The minimum atomic E-state index is -0.472. The molecule has 1 aliphatic carbocycles. The van der Waals surface area contributed by atoms with Gasteiger partial charge in [-0.05, 0) is 37.8 Å². The fourth-order valence-electron chi connectivity index (χ4n) is 5.60. The number of rotatable bonds is 8. The molecule has 12 nitrogen and oxygen atoms in total. The number of benzene rings is 1. The van der Waals surface area contributed by atoms with Gasteiger partial charge in [0.05, 0.1) is 24.3 Å². The molecule has 1 saturated heterocycles. The molecule has 2 fully saturated rings. The maximum Gasteiger partial charge on any atom is 0.295 e. The number of nitrogens with one attached hydrogen (secondary N) is 2. The first kappa shape index (κ1) is 25.9. The smallest absolute Gasteiger partial charge is 0.295 e. The van der Waals surface area contributed by atoms with Crippen molar-refractivity contribution in [3.8, 4) is 23.0 Å². The molecule has 2 aliphatic rings. The minimum absolute atomic E-state index is 0.202. The Morgan fingerprint density at radius 2 is 1.85 bits per heavy atom. The molecule has 3 unspecified atom stereocenters. The molecule has 3 aromatic heterocycles. The van der Waals surface area contributed by atoms with E-state index in [9.17, 15) is 4.79 Å². The Balaban J connectivity index is 1.08. The summed E-state index contributed by atoms with van der Waals surface area (Å²) >= 11 is 0. The third-order valence-corrected chi connectivity index (χ3v) is 7.61. The minimum Gasteiger partial charge on any atom is -0.424 e. The van der Waals surface area contributed by atoms with Crippen LogP contribution in [0, 0.1) is 6.92 Å². The van der Waals surface area contributed by atoms with Gasteiger partial charge in [0.15, 0.2) is 5.76 Å². The number of hydrogen-bond donors (Lipinski definition) is 3. The molecule has 6 rings (SSSR count). The van der Waals surface area contributed by atoms with Gasteiger partial charge in [-0.1, -0.05) is 30.1 Å². The molecule has 0 bridgehead atoms. The van der Waals surface area contributed by atoms with Gasteiger partial charge in [0.25, 0.3) is 6.01 Å². The summed E-state index contributed by atoms with van der Waals surface area (Å²) in [6.45, 7) is 3.59. The summed E-state index contributed by atoms with van der Waals surface area (Å²) in [5, 5.41) is 11.4. The summed E-state index contributed by atoms with van der Waals surface area (Å²) in [5.74, 6) is 1.47. The van der Waals surface area contributed by atoms with Crippen molar-refractivity contribution >= 4 is 17.6 Å². The highest BCUT2D eigenvalue weighted by atomic mass is 16.5. The summed E-state index contributed by atoms with van der Waals surface area (Å²) in [7, 11) is 0. The summed E-state index contributed by atoms with van der Waals surface area (Å²) in [6, 6.07) is 8.40. The van der Waals surface area contributed by atoms with Crippen LogP contribution in [0.4, 0.5) is 11.7 Å². The number of aryl methyl sites for hydroxylation is 1. The van der Waals surface area contributed by atoms with Crippen LogP contribution in [-0.4, -0.2) is 62.2 Å². The number of nitrogens with zero attached hydrogens (tertiary/aromatic N) is 6. The number of hydrogen-bond acceptors (Lipinski definition) is 11. The molecule has 4 heterocycles. The lowest BCUT2D eigenvalue weighted by atomic mass is 9.89. The molecule has 4 aromatic rings. The topological polar surface area (TPSA) is 161 Å². The third kappa shape index (κ3) is 5.81. The molecular weight excluding hydrogens is 510 g/mol. The highest BCUT2D eigenvalue weighted by molar-refractivity contribution is 5.93. The van der Waals surface area contributed by atoms with E-state index in [4.69, 9.17) is 14.7 Å².